The van der Waals surface area contributed by atoms with Crippen molar-refractivity contribution in [3.63, 3.8) is 0 Å². The maximum Gasteiger partial charge on any atom is 0.250 e. The molecule has 0 atom stereocenters. The Labute approximate surface area is 144 Å². The van der Waals surface area contributed by atoms with Crippen molar-refractivity contribution in [3.8, 4) is 22.8 Å². The highest BCUT2D eigenvalue weighted by atomic mass is 16.5. The molecule has 1 amide bonds. The minimum absolute atomic E-state index is 0.344. The Hall–Kier alpha value is -3.55. The van der Waals surface area contributed by atoms with Crippen LogP contribution in [0.1, 0.15) is 10.4 Å². The van der Waals surface area contributed by atoms with Crippen LogP contribution in [0, 0.1) is 0 Å². The fraction of sp³-hybridized carbons (Fsp3) is 0.118. The predicted octanol–water partition coefficient (Wildman–Crippen LogP) is 2.33. The zero-order valence-corrected chi connectivity index (χ0v) is 13.7. The van der Waals surface area contributed by atoms with Crippen molar-refractivity contribution in [1.29, 1.82) is 0 Å². The number of anilines is 2. The molecule has 8 heteroatoms. The van der Waals surface area contributed by atoms with Gasteiger partial charge in [0, 0.05) is 23.9 Å². The molecule has 0 unspecified atom stereocenters. The standard InChI is InChI=1S/C17H17N5O3/c1-24-11-4-5-12(14(7-11)25-2)13-8-16(22-21-13)20-15-6-3-10(9-19-15)17(18)23/h3-9H,1-2H3,(H2,18,23)(H2,19,20,21,22). The number of carbonyl (C=O) groups excluding carboxylic acids is 1. The third-order valence-corrected chi connectivity index (χ3v) is 3.58. The molecule has 2 heterocycles. The largest absolute Gasteiger partial charge is 0.497 e. The number of H-pyrrole nitrogens is 1. The van der Waals surface area contributed by atoms with E-state index in [9.17, 15) is 4.79 Å². The number of benzene rings is 1. The summed E-state index contributed by atoms with van der Waals surface area (Å²) in [5, 5.41) is 10.2. The van der Waals surface area contributed by atoms with Crippen LogP contribution in [0.3, 0.4) is 0 Å². The van der Waals surface area contributed by atoms with Gasteiger partial charge in [-0.2, -0.15) is 5.10 Å². The monoisotopic (exact) mass is 339 g/mol. The summed E-state index contributed by atoms with van der Waals surface area (Å²) in [6.45, 7) is 0. The Morgan fingerprint density at radius 3 is 2.60 bits per heavy atom. The Kier molecular flexibility index (Phi) is 4.51. The van der Waals surface area contributed by atoms with Gasteiger partial charge in [0.25, 0.3) is 0 Å². The Bertz CT molecular complexity index is 890. The number of hydrogen-bond donors (Lipinski definition) is 3. The molecule has 0 radical (unpaired) electrons. The van der Waals surface area contributed by atoms with E-state index in [1.54, 1.807) is 32.4 Å². The number of ether oxygens (including phenoxy) is 2. The lowest BCUT2D eigenvalue weighted by atomic mass is 10.1. The number of pyridine rings is 1. The Morgan fingerprint density at radius 1 is 1.12 bits per heavy atom. The van der Waals surface area contributed by atoms with Crippen molar-refractivity contribution in [1.82, 2.24) is 15.2 Å². The van der Waals surface area contributed by atoms with Gasteiger partial charge in [0.05, 0.1) is 25.5 Å². The molecule has 0 saturated carbocycles. The van der Waals surface area contributed by atoms with Crippen molar-refractivity contribution >= 4 is 17.5 Å². The van der Waals surface area contributed by atoms with E-state index in [1.165, 1.54) is 6.20 Å². The van der Waals surface area contributed by atoms with E-state index in [0.717, 1.165) is 11.3 Å². The number of carbonyl (C=O) groups is 1. The summed E-state index contributed by atoms with van der Waals surface area (Å²) in [5.41, 5.74) is 7.16. The normalized spacial score (nSPS) is 10.3. The van der Waals surface area contributed by atoms with Gasteiger partial charge < -0.3 is 20.5 Å². The minimum atomic E-state index is -0.521. The maximum atomic E-state index is 11.1. The molecule has 128 valence electrons. The van der Waals surface area contributed by atoms with Crippen LogP contribution in [0.15, 0.2) is 42.6 Å². The van der Waals surface area contributed by atoms with Crippen molar-refractivity contribution in [2.24, 2.45) is 5.73 Å². The van der Waals surface area contributed by atoms with E-state index in [1.807, 2.05) is 18.2 Å². The number of aromatic nitrogens is 3. The van der Waals surface area contributed by atoms with Gasteiger partial charge in [0.2, 0.25) is 5.91 Å². The van der Waals surface area contributed by atoms with Crippen LogP contribution in [0.5, 0.6) is 11.5 Å². The van der Waals surface area contributed by atoms with E-state index >= 15 is 0 Å². The lowest BCUT2D eigenvalue weighted by Crippen LogP contribution is -2.11. The van der Waals surface area contributed by atoms with Crippen LogP contribution >= 0.6 is 0 Å². The zero-order valence-electron chi connectivity index (χ0n) is 13.7. The first-order valence-corrected chi connectivity index (χ1v) is 7.41. The third kappa shape index (κ3) is 3.52. The van der Waals surface area contributed by atoms with Crippen molar-refractivity contribution in [3.05, 3.63) is 48.2 Å². The van der Waals surface area contributed by atoms with Gasteiger partial charge >= 0.3 is 0 Å². The van der Waals surface area contributed by atoms with Crippen LogP contribution in [0.2, 0.25) is 0 Å². The molecule has 3 aromatic rings. The summed E-state index contributed by atoms with van der Waals surface area (Å²) in [7, 11) is 3.20. The molecule has 0 aliphatic carbocycles. The molecule has 0 saturated heterocycles. The van der Waals surface area contributed by atoms with Gasteiger partial charge in [-0.15, -0.1) is 0 Å². The topological polar surface area (TPSA) is 115 Å². The minimum Gasteiger partial charge on any atom is -0.497 e. The summed E-state index contributed by atoms with van der Waals surface area (Å²) in [6.07, 6.45) is 1.41. The van der Waals surface area contributed by atoms with Crippen molar-refractivity contribution in [2.45, 2.75) is 0 Å². The highest BCUT2D eigenvalue weighted by molar-refractivity contribution is 5.92. The van der Waals surface area contributed by atoms with E-state index in [-0.39, 0.29) is 0 Å². The lowest BCUT2D eigenvalue weighted by Gasteiger charge is -2.08. The number of methoxy groups -OCH3 is 2. The number of nitrogens with two attached hydrogens (primary N) is 1. The van der Waals surface area contributed by atoms with E-state index in [2.05, 4.69) is 20.5 Å². The zero-order chi connectivity index (χ0) is 17.8. The molecule has 0 fully saturated rings. The quantitative estimate of drug-likeness (QED) is 0.635. The fourth-order valence-corrected chi connectivity index (χ4v) is 2.29. The van der Waals surface area contributed by atoms with Crippen LogP contribution in [0.4, 0.5) is 11.6 Å². The van der Waals surface area contributed by atoms with Gasteiger partial charge in [-0.1, -0.05) is 0 Å². The molecule has 3 rings (SSSR count). The average Bonchev–Trinajstić information content (AvgIpc) is 3.09. The molecule has 2 aromatic heterocycles. The molecule has 1 aromatic carbocycles. The molecule has 25 heavy (non-hydrogen) atoms. The second kappa shape index (κ2) is 6.91. The molecule has 8 nitrogen and oxygen atoms in total. The second-order valence-electron chi connectivity index (χ2n) is 5.15. The highest BCUT2D eigenvalue weighted by Crippen LogP contribution is 2.33. The first kappa shape index (κ1) is 16.3. The molecule has 4 N–H and O–H groups in total. The summed E-state index contributed by atoms with van der Waals surface area (Å²) >= 11 is 0. The number of rotatable bonds is 6. The number of nitrogens with zero attached hydrogens (tertiary/aromatic N) is 2. The molecular formula is C17H17N5O3. The van der Waals surface area contributed by atoms with Crippen LogP contribution in [0.25, 0.3) is 11.3 Å². The predicted molar refractivity (Wildman–Crippen MR) is 93.2 cm³/mol. The first-order valence-electron chi connectivity index (χ1n) is 7.41. The maximum absolute atomic E-state index is 11.1. The molecular weight excluding hydrogens is 322 g/mol. The van der Waals surface area contributed by atoms with E-state index in [4.69, 9.17) is 15.2 Å². The summed E-state index contributed by atoms with van der Waals surface area (Å²) in [5.74, 6) is 1.97. The van der Waals surface area contributed by atoms with Gasteiger partial charge in [-0.3, -0.25) is 9.89 Å². The number of aromatic amines is 1. The summed E-state index contributed by atoms with van der Waals surface area (Å²) < 4.78 is 10.6. The van der Waals surface area contributed by atoms with Crippen molar-refractivity contribution in [2.75, 3.05) is 19.5 Å². The van der Waals surface area contributed by atoms with Gasteiger partial charge in [0.15, 0.2) is 5.82 Å². The number of nitrogens with one attached hydrogen (secondary N) is 2. The number of primary amides is 1. The summed E-state index contributed by atoms with van der Waals surface area (Å²) in [4.78, 5) is 15.2. The molecule has 0 bridgehead atoms. The molecule has 0 aliphatic rings. The summed E-state index contributed by atoms with van der Waals surface area (Å²) in [6, 6.07) is 10.6. The average molecular weight is 339 g/mol. The first-order chi connectivity index (χ1) is 12.1. The van der Waals surface area contributed by atoms with Crippen molar-refractivity contribution < 1.29 is 14.3 Å². The van der Waals surface area contributed by atoms with E-state index in [0.29, 0.717) is 28.7 Å². The fourth-order valence-electron chi connectivity index (χ4n) is 2.29. The lowest BCUT2D eigenvalue weighted by molar-refractivity contribution is 0.1000. The number of amides is 1. The molecule has 0 aliphatic heterocycles. The second-order valence-corrected chi connectivity index (χ2v) is 5.15. The SMILES string of the molecule is COc1ccc(-c2cc(Nc3ccc(C(N)=O)cn3)n[nH]2)c(OC)c1. The van der Waals surface area contributed by atoms with Crippen LogP contribution < -0.4 is 20.5 Å². The smallest absolute Gasteiger partial charge is 0.250 e. The van der Waals surface area contributed by atoms with Crippen LogP contribution in [-0.2, 0) is 0 Å². The Morgan fingerprint density at radius 2 is 1.96 bits per heavy atom. The van der Waals surface area contributed by atoms with Gasteiger partial charge in [0.1, 0.15) is 17.3 Å². The highest BCUT2D eigenvalue weighted by Gasteiger charge is 2.11. The third-order valence-electron chi connectivity index (χ3n) is 3.58. The van der Waals surface area contributed by atoms with Gasteiger partial charge in [-0.05, 0) is 24.3 Å². The van der Waals surface area contributed by atoms with Gasteiger partial charge in [-0.25, -0.2) is 4.98 Å². The number of hydrogen-bond acceptors (Lipinski definition) is 6. The van der Waals surface area contributed by atoms with E-state index < -0.39 is 5.91 Å². The van der Waals surface area contributed by atoms with Crippen LogP contribution in [-0.4, -0.2) is 35.3 Å². The molecule has 0 spiro atoms. The Balaban J connectivity index is 1.82.